The number of rotatable bonds is 4. The molecule has 6 heteroatoms. The van der Waals surface area contributed by atoms with Gasteiger partial charge in [-0.15, -0.1) is 11.3 Å². The summed E-state index contributed by atoms with van der Waals surface area (Å²) in [4.78, 5) is 10.5. The Balaban J connectivity index is 1.53. The van der Waals surface area contributed by atoms with Crippen LogP contribution in [-0.4, -0.2) is 9.97 Å². The molecule has 150 valence electrons. The molecule has 0 bridgehead atoms. The summed E-state index contributed by atoms with van der Waals surface area (Å²) in [5, 5.41) is 7.08. The van der Waals surface area contributed by atoms with Gasteiger partial charge >= 0.3 is 0 Å². The average molecular weight is 434 g/mol. The third-order valence-corrected chi connectivity index (χ3v) is 7.26. The molecule has 30 heavy (non-hydrogen) atoms. The number of benzene rings is 2. The third-order valence-electron chi connectivity index (χ3n) is 5.40. The second-order valence-electron chi connectivity index (χ2n) is 7.35. The average Bonchev–Trinajstić information content (AvgIpc) is 3.35. The molecular weight excluding hydrogens is 413 g/mol. The molecule has 1 N–H and O–H groups in total. The lowest BCUT2D eigenvalue weighted by molar-refractivity contribution is 0.622. The van der Waals surface area contributed by atoms with Gasteiger partial charge in [0.25, 0.3) is 0 Å². The maximum absolute atomic E-state index is 14.3. The van der Waals surface area contributed by atoms with Gasteiger partial charge in [-0.05, 0) is 48.9 Å². The Labute approximate surface area is 183 Å². The predicted octanol–water partition coefficient (Wildman–Crippen LogP) is 6.95. The van der Waals surface area contributed by atoms with Crippen LogP contribution >= 0.6 is 22.7 Å². The molecule has 0 spiro atoms. The maximum atomic E-state index is 14.3. The standard InChI is InChI=1S/C24H20FN3S2/c1-14-6-3-10-19(25)21(14)15(2)27-24-28-20-11-5-7-16-17(22(20)30-24)8-4-9-18(16)23-26-12-13-29-23/h3-4,6,8-10,12-13H,2,5,7,11H2,1H3,(H,27,28). The van der Waals surface area contributed by atoms with E-state index in [2.05, 4.69) is 35.1 Å². The molecule has 0 saturated carbocycles. The number of thiazole rings is 2. The molecular formula is C24H20FN3S2. The Morgan fingerprint density at radius 1 is 1.13 bits per heavy atom. The molecule has 2 aromatic carbocycles. The van der Waals surface area contributed by atoms with Gasteiger partial charge in [0.1, 0.15) is 10.8 Å². The van der Waals surface area contributed by atoms with Crippen LogP contribution in [0.4, 0.5) is 9.52 Å². The van der Waals surface area contributed by atoms with Crippen molar-refractivity contribution in [3.63, 3.8) is 0 Å². The highest BCUT2D eigenvalue weighted by molar-refractivity contribution is 7.19. The molecule has 5 rings (SSSR count). The van der Waals surface area contributed by atoms with E-state index < -0.39 is 0 Å². The van der Waals surface area contributed by atoms with E-state index in [0.29, 0.717) is 11.3 Å². The zero-order valence-corrected chi connectivity index (χ0v) is 18.2. The molecule has 0 saturated heterocycles. The van der Waals surface area contributed by atoms with Crippen molar-refractivity contribution >= 4 is 33.5 Å². The van der Waals surface area contributed by atoms with Crippen LogP contribution in [0.5, 0.6) is 0 Å². The zero-order valence-electron chi connectivity index (χ0n) is 16.5. The number of nitrogens with zero attached hydrogens (tertiary/aromatic N) is 2. The van der Waals surface area contributed by atoms with Crippen molar-refractivity contribution in [2.45, 2.75) is 26.2 Å². The molecule has 1 aliphatic rings. The highest BCUT2D eigenvalue weighted by Crippen LogP contribution is 2.42. The van der Waals surface area contributed by atoms with Gasteiger partial charge in [-0.2, -0.15) is 0 Å². The molecule has 3 nitrogen and oxygen atoms in total. The van der Waals surface area contributed by atoms with Crippen molar-refractivity contribution in [3.8, 4) is 21.0 Å². The molecule has 0 fully saturated rings. The highest BCUT2D eigenvalue weighted by atomic mass is 32.1. The lowest BCUT2D eigenvalue weighted by atomic mass is 9.98. The first-order valence-electron chi connectivity index (χ1n) is 9.85. The minimum atomic E-state index is -0.274. The third kappa shape index (κ3) is 3.36. The van der Waals surface area contributed by atoms with Crippen molar-refractivity contribution in [2.75, 3.05) is 5.32 Å². The van der Waals surface area contributed by atoms with Crippen LogP contribution in [0, 0.1) is 12.7 Å². The van der Waals surface area contributed by atoms with Gasteiger partial charge in [0.05, 0.1) is 10.6 Å². The Kier molecular flexibility index (Phi) is 4.97. The summed E-state index contributed by atoms with van der Waals surface area (Å²) >= 11 is 3.28. The molecule has 4 aromatic rings. The number of nitrogens with one attached hydrogen (secondary N) is 1. The van der Waals surface area contributed by atoms with Crippen LogP contribution in [0.2, 0.25) is 0 Å². The first-order chi connectivity index (χ1) is 14.6. The fourth-order valence-electron chi connectivity index (χ4n) is 4.05. The minimum absolute atomic E-state index is 0.274. The SMILES string of the molecule is C=C(Nc1nc2c(s1)-c1cccc(-c3nccs3)c1CCC2)c1c(C)cccc1F. The molecule has 2 heterocycles. The normalized spacial score (nSPS) is 12.7. The largest absolute Gasteiger partial charge is 0.331 e. The fraction of sp³-hybridized carbons (Fsp3) is 0.167. The number of hydrogen-bond donors (Lipinski definition) is 1. The quantitative estimate of drug-likeness (QED) is 0.378. The lowest BCUT2D eigenvalue weighted by Gasteiger charge is -2.11. The number of aryl methyl sites for hydroxylation is 2. The van der Waals surface area contributed by atoms with E-state index in [9.17, 15) is 4.39 Å². The van der Waals surface area contributed by atoms with Crippen LogP contribution in [0.1, 0.15) is 28.8 Å². The molecule has 0 amide bonds. The highest BCUT2D eigenvalue weighted by Gasteiger charge is 2.23. The summed E-state index contributed by atoms with van der Waals surface area (Å²) in [5.41, 5.74) is 6.77. The van der Waals surface area contributed by atoms with Crippen LogP contribution in [0.15, 0.2) is 54.6 Å². The van der Waals surface area contributed by atoms with Crippen LogP contribution in [-0.2, 0) is 12.8 Å². The molecule has 1 aliphatic carbocycles. The van der Waals surface area contributed by atoms with Crippen molar-refractivity contribution in [1.29, 1.82) is 0 Å². The van der Waals surface area contributed by atoms with Crippen molar-refractivity contribution in [1.82, 2.24) is 9.97 Å². The molecule has 2 aromatic heterocycles. The topological polar surface area (TPSA) is 37.8 Å². The van der Waals surface area contributed by atoms with Gasteiger partial charge in [0.2, 0.25) is 0 Å². The number of halogens is 1. The lowest BCUT2D eigenvalue weighted by Crippen LogP contribution is -2.02. The van der Waals surface area contributed by atoms with Crippen molar-refractivity contribution < 1.29 is 4.39 Å². The van der Waals surface area contributed by atoms with Crippen LogP contribution in [0.3, 0.4) is 0 Å². The summed E-state index contributed by atoms with van der Waals surface area (Å²) in [6.45, 7) is 5.96. The summed E-state index contributed by atoms with van der Waals surface area (Å²) in [6.07, 6.45) is 4.83. The summed E-state index contributed by atoms with van der Waals surface area (Å²) in [7, 11) is 0. The monoisotopic (exact) mass is 433 g/mol. The minimum Gasteiger partial charge on any atom is -0.331 e. The number of fused-ring (bicyclic) bond motifs is 3. The van der Waals surface area contributed by atoms with Gasteiger partial charge < -0.3 is 5.32 Å². The van der Waals surface area contributed by atoms with Gasteiger partial charge in [-0.25, -0.2) is 14.4 Å². The van der Waals surface area contributed by atoms with E-state index in [-0.39, 0.29) is 5.82 Å². The smallest absolute Gasteiger partial charge is 0.187 e. The van der Waals surface area contributed by atoms with E-state index in [4.69, 9.17) is 4.98 Å². The van der Waals surface area contributed by atoms with Crippen molar-refractivity contribution in [3.05, 3.63) is 82.8 Å². The number of aromatic nitrogens is 2. The number of hydrogen-bond acceptors (Lipinski definition) is 5. The van der Waals surface area contributed by atoms with Gasteiger partial charge in [0.15, 0.2) is 5.13 Å². The van der Waals surface area contributed by atoms with Crippen LogP contribution in [0.25, 0.3) is 26.7 Å². The molecule has 0 aliphatic heterocycles. The molecule has 0 atom stereocenters. The second-order valence-corrected chi connectivity index (χ2v) is 9.25. The van der Waals surface area contributed by atoms with Gasteiger partial charge in [-0.1, -0.05) is 48.2 Å². The summed E-state index contributed by atoms with van der Waals surface area (Å²) in [6, 6.07) is 11.5. The van der Waals surface area contributed by atoms with E-state index in [0.717, 1.165) is 40.7 Å². The number of anilines is 1. The van der Waals surface area contributed by atoms with Crippen molar-refractivity contribution in [2.24, 2.45) is 0 Å². The molecule has 0 radical (unpaired) electrons. The Hall–Kier alpha value is -2.83. The first-order valence-corrected chi connectivity index (χ1v) is 11.5. The van der Waals surface area contributed by atoms with E-state index in [1.54, 1.807) is 28.7 Å². The van der Waals surface area contributed by atoms with Gasteiger partial charge in [0, 0.05) is 28.4 Å². The Morgan fingerprint density at radius 3 is 2.77 bits per heavy atom. The van der Waals surface area contributed by atoms with E-state index in [1.165, 1.54) is 27.6 Å². The van der Waals surface area contributed by atoms with Gasteiger partial charge in [-0.3, -0.25) is 0 Å². The van der Waals surface area contributed by atoms with E-state index in [1.807, 2.05) is 24.6 Å². The van der Waals surface area contributed by atoms with E-state index >= 15 is 0 Å². The Morgan fingerprint density at radius 2 is 1.97 bits per heavy atom. The fourth-order valence-corrected chi connectivity index (χ4v) is 5.83. The van der Waals surface area contributed by atoms with Crippen LogP contribution < -0.4 is 5.32 Å². The predicted molar refractivity (Wildman–Crippen MR) is 124 cm³/mol. The molecule has 0 unspecified atom stereocenters. The second kappa shape index (κ2) is 7.78. The Bertz CT molecular complexity index is 1220. The first kappa shape index (κ1) is 19.2. The zero-order chi connectivity index (χ0) is 20.7. The maximum Gasteiger partial charge on any atom is 0.187 e. The summed E-state index contributed by atoms with van der Waals surface area (Å²) < 4.78 is 14.3. The summed E-state index contributed by atoms with van der Waals surface area (Å²) in [5.74, 6) is -0.274.